The van der Waals surface area contributed by atoms with Crippen LogP contribution in [-0.4, -0.2) is 33.0 Å². The molecule has 0 radical (unpaired) electrons. The van der Waals surface area contributed by atoms with Crippen molar-refractivity contribution in [2.24, 2.45) is 5.41 Å². The van der Waals surface area contributed by atoms with Gasteiger partial charge in [0.1, 0.15) is 9.84 Å². The summed E-state index contributed by atoms with van der Waals surface area (Å²) in [5, 5.41) is 3.28. The van der Waals surface area contributed by atoms with Crippen LogP contribution in [0.25, 0.3) is 0 Å². The largest absolute Gasteiger partial charge is 0.316 e. The summed E-state index contributed by atoms with van der Waals surface area (Å²) in [5.74, 6) is 0.532. The van der Waals surface area contributed by atoms with E-state index in [0.29, 0.717) is 12.2 Å². The van der Waals surface area contributed by atoms with Crippen LogP contribution in [0, 0.1) is 5.41 Å². The zero-order valence-electron chi connectivity index (χ0n) is 10.8. The van der Waals surface area contributed by atoms with Crippen LogP contribution < -0.4 is 5.32 Å². The number of sulfone groups is 1. The minimum Gasteiger partial charge on any atom is -0.316 e. The molecule has 0 spiro atoms. The molecule has 0 fully saturated rings. The third-order valence-corrected chi connectivity index (χ3v) is 4.71. The normalized spacial score (nSPS) is 15.7. The minimum absolute atomic E-state index is 0.000723. The van der Waals surface area contributed by atoms with Crippen molar-refractivity contribution in [3.05, 3.63) is 12.7 Å². The van der Waals surface area contributed by atoms with Gasteiger partial charge in [-0.3, -0.25) is 0 Å². The molecule has 1 N–H and O–H groups in total. The smallest absolute Gasteiger partial charge is 0.150 e. The van der Waals surface area contributed by atoms with E-state index in [0.717, 1.165) is 19.5 Å². The van der Waals surface area contributed by atoms with E-state index in [1.165, 1.54) is 0 Å². The van der Waals surface area contributed by atoms with Gasteiger partial charge in [0.25, 0.3) is 0 Å². The van der Waals surface area contributed by atoms with Gasteiger partial charge in [-0.15, -0.1) is 6.58 Å². The van der Waals surface area contributed by atoms with Crippen molar-refractivity contribution in [2.75, 3.05) is 24.6 Å². The van der Waals surface area contributed by atoms with Gasteiger partial charge in [0, 0.05) is 12.3 Å². The van der Waals surface area contributed by atoms with Crippen molar-refractivity contribution >= 4 is 9.84 Å². The molecule has 0 aromatic heterocycles. The van der Waals surface area contributed by atoms with Crippen LogP contribution in [0.4, 0.5) is 0 Å². The summed E-state index contributed by atoms with van der Waals surface area (Å²) >= 11 is 0. The van der Waals surface area contributed by atoms with Crippen LogP contribution in [0.15, 0.2) is 12.7 Å². The molecule has 0 saturated heterocycles. The zero-order chi connectivity index (χ0) is 12.7. The molecule has 0 aromatic carbocycles. The summed E-state index contributed by atoms with van der Waals surface area (Å²) in [6, 6.07) is 0. The van der Waals surface area contributed by atoms with Gasteiger partial charge in [0.05, 0.1) is 5.75 Å². The van der Waals surface area contributed by atoms with Gasteiger partial charge < -0.3 is 5.32 Å². The standard InChI is InChI=1S/C12H25NO2S/c1-5-12(4,11-13-6-2)9-8-10-16(14,15)7-3/h5,13H,1,6-11H2,2-4H3. The summed E-state index contributed by atoms with van der Waals surface area (Å²) in [7, 11) is -2.83. The van der Waals surface area contributed by atoms with E-state index in [9.17, 15) is 8.42 Å². The Kier molecular flexibility index (Phi) is 6.91. The van der Waals surface area contributed by atoms with Gasteiger partial charge in [-0.05, 0) is 24.8 Å². The maximum atomic E-state index is 11.3. The Morgan fingerprint density at radius 2 is 2.00 bits per heavy atom. The fourth-order valence-corrected chi connectivity index (χ4v) is 2.39. The number of hydrogen-bond acceptors (Lipinski definition) is 3. The Bertz CT molecular complexity index is 298. The molecule has 0 amide bonds. The first-order valence-electron chi connectivity index (χ1n) is 5.94. The molecule has 1 atom stereocenters. The number of rotatable bonds is 9. The first kappa shape index (κ1) is 15.7. The number of nitrogens with one attached hydrogen (secondary N) is 1. The van der Waals surface area contributed by atoms with Crippen molar-refractivity contribution in [3.63, 3.8) is 0 Å². The van der Waals surface area contributed by atoms with Gasteiger partial charge in [-0.2, -0.15) is 0 Å². The first-order valence-corrected chi connectivity index (χ1v) is 7.76. The van der Waals surface area contributed by atoms with Crippen LogP contribution >= 0.6 is 0 Å². The molecule has 1 unspecified atom stereocenters. The summed E-state index contributed by atoms with van der Waals surface area (Å²) < 4.78 is 22.7. The van der Waals surface area contributed by atoms with Crippen LogP contribution in [0.3, 0.4) is 0 Å². The zero-order valence-corrected chi connectivity index (χ0v) is 11.6. The highest BCUT2D eigenvalue weighted by atomic mass is 32.2. The molecule has 0 saturated carbocycles. The average Bonchev–Trinajstić information content (AvgIpc) is 2.26. The predicted octanol–water partition coefficient (Wildman–Crippen LogP) is 2.00. The van der Waals surface area contributed by atoms with Crippen molar-refractivity contribution < 1.29 is 8.42 Å². The molecule has 0 aromatic rings. The molecule has 0 aliphatic rings. The van der Waals surface area contributed by atoms with Crippen molar-refractivity contribution in [2.45, 2.75) is 33.6 Å². The minimum atomic E-state index is -2.83. The van der Waals surface area contributed by atoms with E-state index in [-0.39, 0.29) is 11.2 Å². The summed E-state index contributed by atoms with van der Waals surface area (Å²) in [4.78, 5) is 0. The van der Waals surface area contributed by atoms with E-state index < -0.39 is 9.84 Å². The summed E-state index contributed by atoms with van der Waals surface area (Å²) in [6.07, 6.45) is 3.50. The van der Waals surface area contributed by atoms with Crippen molar-refractivity contribution in [1.82, 2.24) is 5.32 Å². The third kappa shape index (κ3) is 6.28. The maximum Gasteiger partial charge on any atom is 0.150 e. The molecule has 0 rings (SSSR count). The van der Waals surface area contributed by atoms with Gasteiger partial charge >= 0.3 is 0 Å². The highest BCUT2D eigenvalue weighted by Crippen LogP contribution is 2.23. The summed E-state index contributed by atoms with van der Waals surface area (Å²) in [5.41, 5.74) is -0.000723. The fraction of sp³-hybridized carbons (Fsp3) is 0.833. The first-order chi connectivity index (χ1) is 7.39. The monoisotopic (exact) mass is 247 g/mol. The second-order valence-electron chi connectivity index (χ2n) is 4.48. The van der Waals surface area contributed by atoms with E-state index in [2.05, 4.69) is 25.7 Å². The molecule has 3 nitrogen and oxygen atoms in total. The average molecular weight is 247 g/mol. The SMILES string of the molecule is C=CC(C)(CCCS(=O)(=O)CC)CNCC. The lowest BCUT2D eigenvalue weighted by molar-refractivity contribution is 0.365. The Labute approximate surface area is 100 Å². The highest BCUT2D eigenvalue weighted by molar-refractivity contribution is 7.91. The third-order valence-electron chi connectivity index (χ3n) is 2.91. The van der Waals surface area contributed by atoms with Crippen molar-refractivity contribution in [1.29, 1.82) is 0 Å². The second-order valence-corrected chi connectivity index (χ2v) is 6.95. The van der Waals surface area contributed by atoms with Crippen LogP contribution in [-0.2, 0) is 9.84 Å². The maximum absolute atomic E-state index is 11.3. The van der Waals surface area contributed by atoms with Gasteiger partial charge in [-0.1, -0.05) is 26.8 Å². The van der Waals surface area contributed by atoms with Gasteiger partial charge in [0.15, 0.2) is 0 Å². The second kappa shape index (κ2) is 7.07. The van der Waals surface area contributed by atoms with Gasteiger partial charge in [-0.25, -0.2) is 8.42 Å². The van der Waals surface area contributed by atoms with Crippen molar-refractivity contribution in [3.8, 4) is 0 Å². The Hall–Kier alpha value is -0.350. The van der Waals surface area contributed by atoms with Crippen LogP contribution in [0.2, 0.25) is 0 Å². The lowest BCUT2D eigenvalue weighted by Crippen LogP contribution is -2.30. The van der Waals surface area contributed by atoms with Gasteiger partial charge in [0.2, 0.25) is 0 Å². The predicted molar refractivity (Wildman–Crippen MR) is 70.4 cm³/mol. The molecular formula is C12H25NO2S. The van der Waals surface area contributed by atoms with E-state index >= 15 is 0 Å². The lowest BCUT2D eigenvalue weighted by atomic mass is 9.86. The van der Waals surface area contributed by atoms with Crippen LogP contribution in [0.1, 0.15) is 33.6 Å². The molecule has 0 bridgehead atoms. The van der Waals surface area contributed by atoms with E-state index in [1.807, 2.05) is 6.08 Å². The fourth-order valence-electron chi connectivity index (χ4n) is 1.51. The lowest BCUT2D eigenvalue weighted by Gasteiger charge is -2.25. The highest BCUT2D eigenvalue weighted by Gasteiger charge is 2.20. The molecule has 0 aliphatic heterocycles. The Morgan fingerprint density at radius 3 is 2.44 bits per heavy atom. The molecule has 96 valence electrons. The molecule has 0 aliphatic carbocycles. The molecular weight excluding hydrogens is 222 g/mol. The molecule has 4 heteroatoms. The van der Waals surface area contributed by atoms with Crippen LogP contribution in [0.5, 0.6) is 0 Å². The quantitative estimate of drug-likeness (QED) is 0.634. The Balaban J connectivity index is 4.09. The van der Waals surface area contributed by atoms with E-state index in [1.54, 1.807) is 6.92 Å². The Morgan fingerprint density at radius 1 is 1.38 bits per heavy atom. The molecule has 16 heavy (non-hydrogen) atoms. The topological polar surface area (TPSA) is 46.2 Å². The van der Waals surface area contributed by atoms with E-state index in [4.69, 9.17) is 0 Å². The summed E-state index contributed by atoms with van der Waals surface area (Å²) in [6.45, 7) is 11.5. The number of hydrogen-bond donors (Lipinski definition) is 1. The molecule has 0 heterocycles.